The van der Waals surface area contributed by atoms with E-state index >= 15 is 0 Å². The first kappa shape index (κ1) is 49.0. The Kier molecular flexibility index (Phi) is 15.0. The Morgan fingerprint density at radius 2 is 1.32 bits per heavy atom. The third-order valence-electron chi connectivity index (χ3n) is 16.8. The Morgan fingerprint density at radius 3 is 1.92 bits per heavy atom. The fourth-order valence-corrected chi connectivity index (χ4v) is 13.0. The molecule has 11 N–H and O–H groups in total. The summed E-state index contributed by atoms with van der Waals surface area (Å²) >= 11 is 0. The maximum absolute atomic E-state index is 11.9. The molecular weight excluding hydrogens is 812 g/mol. The molecule has 0 radical (unpaired) electrons. The third-order valence-corrected chi connectivity index (χ3v) is 16.8. The van der Waals surface area contributed by atoms with E-state index in [1.807, 2.05) is 6.92 Å². The van der Waals surface area contributed by atoms with Crippen molar-refractivity contribution in [3.05, 3.63) is 11.6 Å². The van der Waals surface area contributed by atoms with Crippen molar-refractivity contribution in [2.45, 2.75) is 216 Å². The summed E-state index contributed by atoms with van der Waals surface area (Å²) in [5.74, 6) is 0.0218. The molecule has 26 atom stereocenters. The van der Waals surface area contributed by atoms with Gasteiger partial charge in [-0.2, -0.15) is 0 Å². The molecule has 0 aromatic rings. The number of rotatable bonds is 12. The van der Waals surface area contributed by atoms with E-state index in [9.17, 15) is 56.2 Å². The molecule has 3 saturated heterocycles. The minimum atomic E-state index is -1.72. The van der Waals surface area contributed by atoms with Crippen molar-refractivity contribution in [1.29, 1.82) is 0 Å². The number of aliphatic hydroxyl groups excluding tert-OH is 11. The smallest absolute Gasteiger partial charge is 0.187 e. The van der Waals surface area contributed by atoms with Gasteiger partial charge >= 0.3 is 0 Å². The molecule has 7 aliphatic rings. The van der Waals surface area contributed by atoms with Crippen LogP contribution in [0.15, 0.2) is 11.6 Å². The fraction of sp³-hybridized carbons (Fsp3) is 0.956. The number of hydrogen-bond acceptors (Lipinski definition) is 17. The van der Waals surface area contributed by atoms with Crippen molar-refractivity contribution < 1.29 is 84.6 Å². The molecule has 62 heavy (non-hydrogen) atoms. The van der Waals surface area contributed by atoms with Gasteiger partial charge in [-0.1, -0.05) is 46.3 Å². The molecule has 0 aromatic carbocycles. The van der Waals surface area contributed by atoms with E-state index < -0.39 is 129 Å². The first-order valence-corrected chi connectivity index (χ1v) is 23.2. The summed E-state index contributed by atoms with van der Waals surface area (Å²) in [5.41, 5.74) is 0.0955. The van der Waals surface area contributed by atoms with Crippen LogP contribution in [0.2, 0.25) is 0 Å². The van der Waals surface area contributed by atoms with Gasteiger partial charge < -0.3 is 84.6 Å². The predicted octanol–water partition coefficient (Wildman–Crippen LogP) is -0.171. The lowest BCUT2D eigenvalue weighted by Gasteiger charge is -2.60. The fourth-order valence-electron chi connectivity index (χ4n) is 13.0. The molecule has 0 spiro atoms. The number of allylic oxidation sites excluding steroid dienone is 1. The van der Waals surface area contributed by atoms with E-state index in [0.29, 0.717) is 25.2 Å². The Morgan fingerprint density at radius 1 is 0.710 bits per heavy atom. The van der Waals surface area contributed by atoms with Gasteiger partial charge in [0.15, 0.2) is 18.9 Å². The summed E-state index contributed by atoms with van der Waals surface area (Å²) in [5, 5.41) is 120. The molecule has 17 nitrogen and oxygen atoms in total. The van der Waals surface area contributed by atoms with Crippen LogP contribution < -0.4 is 0 Å². The molecule has 7 rings (SSSR count). The van der Waals surface area contributed by atoms with Gasteiger partial charge in [-0.05, 0) is 99.7 Å². The standard InChI is InChI=1S/C45H76O17/c1-18(2)8-11-27(48)19(3)31-28(59-43-40(37(54)34(51)29(17-46)60-43)62-42-39(56)36(53)33(50)21(5)58-42)16-26-24-10-9-22-14-23(47)15-30(45(22,7)25(24)12-13-44(26,31)6)61-41-38(55)35(52)32(49)20(4)57-41/h9,18-21,23-43,46-56H,8,10-17H2,1-7H3/t19-,20+,21+,23-,24-,25+,26+,27+,28+,29-,30-,31+,32+,33+,34+,35-,36-,37+,38-,39-,40-,41+,42+,43-,44+,45+/m1/s1. The van der Waals surface area contributed by atoms with Crippen LogP contribution in [0.25, 0.3) is 0 Å². The van der Waals surface area contributed by atoms with Gasteiger partial charge in [0.1, 0.15) is 61.0 Å². The van der Waals surface area contributed by atoms with Gasteiger partial charge in [0.2, 0.25) is 0 Å². The van der Waals surface area contributed by atoms with Crippen LogP contribution in [-0.4, -0.2) is 179 Å². The van der Waals surface area contributed by atoms with Crippen LogP contribution in [0.1, 0.15) is 99.8 Å². The van der Waals surface area contributed by atoms with Crippen LogP contribution in [0.4, 0.5) is 0 Å². The molecule has 0 unspecified atom stereocenters. The number of aliphatic hydroxyl groups is 11. The van der Waals surface area contributed by atoms with E-state index in [1.54, 1.807) is 6.92 Å². The minimum absolute atomic E-state index is 0.0275. The lowest BCUT2D eigenvalue weighted by Crippen LogP contribution is -2.64. The molecule has 0 aromatic heterocycles. The van der Waals surface area contributed by atoms with E-state index in [4.69, 9.17) is 28.4 Å². The summed E-state index contributed by atoms with van der Waals surface area (Å²) in [4.78, 5) is 0. The number of ether oxygens (including phenoxy) is 6. The molecule has 4 aliphatic carbocycles. The molecule has 3 saturated carbocycles. The van der Waals surface area contributed by atoms with Crippen molar-refractivity contribution >= 4 is 0 Å². The van der Waals surface area contributed by atoms with Crippen molar-refractivity contribution in [3.8, 4) is 0 Å². The van der Waals surface area contributed by atoms with Gasteiger partial charge in [-0.15, -0.1) is 0 Å². The van der Waals surface area contributed by atoms with Gasteiger partial charge in [-0.3, -0.25) is 0 Å². The number of hydrogen-bond donors (Lipinski definition) is 11. The summed E-state index contributed by atoms with van der Waals surface area (Å²) < 4.78 is 37.5. The predicted molar refractivity (Wildman–Crippen MR) is 218 cm³/mol. The average Bonchev–Trinajstić information content (AvgIpc) is 3.53. The quantitative estimate of drug-likeness (QED) is 0.114. The molecule has 358 valence electrons. The molecule has 3 aliphatic heterocycles. The first-order valence-electron chi connectivity index (χ1n) is 23.2. The van der Waals surface area contributed by atoms with Crippen molar-refractivity contribution in [2.75, 3.05) is 6.61 Å². The van der Waals surface area contributed by atoms with Crippen molar-refractivity contribution in [2.24, 2.45) is 46.3 Å². The number of fused-ring (bicyclic) bond motifs is 5. The van der Waals surface area contributed by atoms with E-state index in [0.717, 1.165) is 31.3 Å². The minimum Gasteiger partial charge on any atom is -0.394 e. The summed E-state index contributed by atoms with van der Waals surface area (Å²) in [6, 6.07) is 0. The molecule has 3 heterocycles. The van der Waals surface area contributed by atoms with E-state index in [-0.39, 0.29) is 41.4 Å². The largest absolute Gasteiger partial charge is 0.394 e. The zero-order chi connectivity index (χ0) is 45.3. The van der Waals surface area contributed by atoms with Crippen molar-refractivity contribution in [1.82, 2.24) is 0 Å². The Balaban J connectivity index is 1.21. The van der Waals surface area contributed by atoms with Crippen LogP contribution >= 0.6 is 0 Å². The van der Waals surface area contributed by atoms with E-state index in [1.165, 1.54) is 6.92 Å². The van der Waals surface area contributed by atoms with Gasteiger partial charge in [0.05, 0.1) is 43.2 Å². The van der Waals surface area contributed by atoms with Gasteiger partial charge in [0, 0.05) is 11.8 Å². The second-order valence-corrected chi connectivity index (χ2v) is 20.9. The summed E-state index contributed by atoms with van der Waals surface area (Å²) in [6.07, 6.45) is -16.4. The lowest BCUT2D eigenvalue weighted by atomic mass is 9.46. The molecule has 6 fully saturated rings. The second kappa shape index (κ2) is 19.0. The van der Waals surface area contributed by atoms with Gasteiger partial charge in [0.25, 0.3) is 0 Å². The summed E-state index contributed by atoms with van der Waals surface area (Å²) in [7, 11) is 0. The zero-order valence-corrected chi connectivity index (χ0v) is 37.2. The Bertz CT molecular complexity index is 1540. The molecule has 0 amide bonds. The Hall–Kier alpha value is -0.940. The highest BCUT2D eigenvalue weighted by molar-refractivity contribution is 5.28. The summed E-state index contributed by atoms with van der Waals surface area (Å²) in [6.45, 7) is 13.2. The maximum atomic E-state index is 11.9. The second-order valence-electron chi connectivity index (χ2n) is 20.9. The topological polar surface area (TPSA) is 278 Å². The van der Waals surface area contributed by atoms with Crippen LogP contribution in [0.5, 0.6) is 0 Å². The molecule has 17 heteroatoms. The average molecular weight is 889 g/mol. The lowest BCUT2D eigenvalue weighted by molar-refractivity contribution is -0.371. The maximum Gasteiger partial charge on any atom is 0.187 e. The highest BCUT2D eigenvalue weighted by atomic mass is 16.8. The highest BCUT2D eigenvalue weighted by Gasteiger charge is 2.65. The normalized spacial score (nSPS) is 53.0. The SMILES string of the molecule is CC(C)CC[C@H](O)[C@@H](C)[C@H]1[C@@H](O[C@@H]2O[C@H](CO)[C@H](O)[C@H](O)[C@H]2O[C@@H]2O[C@@H](C)[C@H](O)[C@@H](O)[C@H]2O)C[C@H]2[C@@H]3CC=C4C[C@@H](O)C[C@@H](O[C@@H]5O[C@@H](C)[C@H](O)[C@@H](O)[C@H]5O)[C@]4(C)[C@H]3CC[C@]12C. The third kappa shape index (κ3) is 8.72. The molecular formula is C45H76O17. The first-order chi connectivity index (χ1) is 29.1. The highest BCUT2D eigenvalue weighted by Crippen LogP contribution is 2.68. The molecule has 0 bridgehead atoms. The van der Waals surface area contributed by atoms with Crippen molar-refractivity contribution in [3.63, 3.8) is 0 Å². The van der Waals surface area contributed by atoms with Crippen LogP contribution in [0, 0.1) is 46.3 Å². The Labute approximate surface area is 364 Å². The van der Waals surface area contributed by atoms with E-state index in [2.05, 4.69) is 33.8 Å². The zero-order valence-electron chi connectivity index (χ0n) is 37.2. The van der Waals surface area contributed by atoms with Crippen LogP contribution in [-0.2, 0) is 28.4 Å². The van der Waals surface area contributed by atoms with Crippen LogP contribution in [0.3, 0.4) is 0 Å². The van der Waals surface area contributed by atoms with Gasteiger partial charge in [-0.25, -0.2) is 0 Å². The monoisotopic (exact) mass is 889 g/mol.